The van der Waals surface area contributed by atoms with Gasteiger partial charge in [0.25, 0.3) is 5.91 Å². The molecule has 1 unspecified atom stereocenters. The van der Waals surface area contributed by atoms with Crippen molar-refractivity contribution in [2.75, 3.05) is 13.2 Å². The molecule has 0 fully saturated rings. The Balaban J connectivity index is 1.70. The summed E-state index contributed by atoms with van der Waals surface area (Å²) >= 11 is 0. The SMILES string of the molecule is O=C(COc1cc(C(F)(F)F)cc(C(F)(F)F)c1)NC1CCOc2ccccc21. The summed E-state index contributed by atoms with van der Waals surface area (Å²) in [5.74, 6) is -0.787. The van der Waals surface area contributed by atoms with Crippen LogP contribution in [0.4, 0.5) is 26.3 Å². The number of carbonyl (C=O) groups is 1. The third-order valence-electron chi connectivity index (χ3n) is 4.22. The van der Waals surface area contributed by atoms with E-state index >= 15 is 0 Å². The molecule has 1 aliphatic rings. The molecule has 0 bridgehead atoms. The number of hydrogen-bond donors (Lipinski definition) is 1. The number of fused-ring (bicyclic) bond motifs is 1. The lowest BCUT2D eigenvalue weighted by Gasteiger charge is -2.26. The summed E-state index contributed by atoms with van der Waals surface area (Å²) in [5.41, 5.74) is -2.30. The molecule has 2 aromatic rings. The van der Waals surface area contributed by atoms with E-state index in [2.05, 4.69) is 5.32 Å². The molecule has 1 heterocycles. The number of alkyl halides is 6. The molecule has 0 aromatic heterocycles. The van der Waals surface area contributed by atoms with Crippen LogP contribution in [0.15, 0.2) is 42.5 Å². The number of nitrogens with one attached hydrogen (secondary N) is 1. The molecule has 4 nitrogen and oxygen atoms in total. The Morgan fingerprint density at radius 3 is 2.28 bits per heavy atom. The Morgan fingerprint density at radius 1 is 1.03 bits per heavy atom. The minimum atomic E-state index is -4.99. The van der Waals surface area contributed by atoms with Crippen molar-refractivity contribution in [1.82, 2.24) is 5.32 Å². The third kappa shape index (κ3) is 5.12. The van der Waals surface area contributed by atoms with Crippen molar-refractivity contribution in [2.24, 2.45) is 0 Å². The fourth-order valence-electron chi connectivity index (χ4n) is 2.89. The molecule has 2 aromatic carbocycles. The molecular weight excluding hydrogens is 404 g/mol. The fraction of sp³-hybridized carbons (Fsp3) is 0.316. The Kier molecular flexibility index (Phi) is 5.63. The maximum atomic E-state index is 12.9. The monoisotopic (exact) mass is 419 g/mol. The van der Waals surface area contributed by atoms with Crippen LogP contribution in [0.1, 0.15) is 29.2 Å². The zero-order valence-corrected chi connectivity index (χ0v) is 14.7. The van der Waals surface area contributed by atoms with E-state index in [0.29, 0.717) is 30.9 Å². The van der Waals surface area contributed by atoms with E-state index < -0.39 is 47.8 Å². The standard InChI is InChI=1S/C19H15F6NO3/c20-18(21,22)11-7-12(19(23,24)25)9-13(8-11)29-10-17(27)26-15-5-6-28-16-4-2-1-3-14(15)16/h1-4,7-9,15H,5-6,10H2,(H,26,27). The molecule has 0 radical (unpaired) electrons. The van der Waals surface area contributed by atoms with Gasteiger partial charge in [0.05, 0.1) is 23.8 Å². The summed E-state index contributed by atoms with van der Waals surface area (Å²) in [7, 11) is 0. The maximum Gasteiger partial charge on any atom is 0.416 e. The van der Waals surface area contributed by atoms with E-state index in [4.69, 9.17) is 9.47 Å². The molecule has 0 spiro atoms. The van der Waals surface area contributed by atoms with Crippen molar-refractivity contribution in [3.63, 3.8) is 0 Å². The summed E-state index contributed by atoms with van der Waals surface area (Å²) in [6.45, 7) is -0.385. The highest BCUT2D eigenvalue weighted by atomic mass is 19.4. The lowest BCUT2D eigenvalue weighted by Crippen LogP contribution is -2.35. The second kappa shape index (κ2) is 7.84. The van der Waals surface area contributed by atoms with Gasteiger partial charge in [0, 0.05) is 12.0 Å². The first kappa shape index (κ1) is 20.8. The molecule has 0 saturated heterocycles. The fourth-order valence-corrected chi connectivity index (χ4v) is 2.89. The molecular formula is C19H15F6NO3. The van der Waals surface area contributed by atoms with Crippen molar-refractivity contribution in [2.45, 2.75) is 24.8 Å². The summed E-state index contributed by atoms with van der Waals surface area (Å²) in [6, 6.07) is 7.43. The van der Waals surface area contributed by atoms with E-state index in [-0.39, 0.29) is 6.07 Å². The Hall–Kier alpha value is -2.91. The molecule has 156 valence electrons. The highest BCUT2D eigenvalue weighted by Gasteiger charge is 2.37. The van der Waals surface area contributed by atoms with E-state index in [1.807, 2.05) is 0 Å². The minimum Gasteiger partial charge on any atom is -0.493 e. The van der Waals surface area contributed by atoms with Gasteiger partial charge in [0.1, 0.15) is 11.5 Å². The number of rotatable bonds is 4. The first-order chi connectivity index (χ1) is 13.5. The van der Waals surface area contributed by atoms with Crippen molar-refractivity contribution in [3.05, 3.63) is 59.2 Å². The minimum absolute atomic E-state index is 0.00805. The largest absolute Gasteiger partial charge is 0.493 e. The summed E-state index contributed by atoms with van der Waals surface area (Å²) in [4.78, 5) is 12.1. The maximum absolute atomic E-state index is 12.9. The van der Waals surface area contributed by atoms with Gasteiger partial charge in [-0.25, -0.2) is 0 Å². The van der Waals surface area contributed by atoms with Crippen LogP contribution >= 0.6 is 0 Å². The highest BCUT2D eigenvalue weighted by Crippen LogP contribution is 2.38. The van der Waals surface area contributed by atoms with Gasteiger partial charge in [-0.05, 0) is 24.3 Å². The van der Waals surface area contributed by atoms with Gasteiger partial charge in [-0.15, -0.1) is 0 Å². The number of amides is 1. The first-order valence-corrected chi connectivity index (χ1v) is 8.47. The number of para-hydroxylation sites is 1. The average Bonchev–Trinajstić information content (AvgIpc) is 2.65. The van der Waals surface area contributed by atoms with Gasteiger partial charge in [-0.3, -0.25) is 4.79 Å². The zero-order chi connectivity index (χ0) is 21.2. The lowest BCUT2D eigenvalue weighted by molar-refractivity contribution is -0.143. The van der Waals surface area contributed by atoms with Gasteiger partial charge >= 0.3 is 12.4 Å². The van der Waals surface area contributed by atoms with E-state index in [1.165, 1.54) is 0 Å². The first-order valence-electron chi connectivity index (χ1n) is 8.47. The van der Waals surface area contributed by atoms with Crippen LogP contribution in [-0.2, 0) is 17.1 Å². The molecule has 1 amide bonds. The van der Waals surface area contributed by atoms with Crippen molar-refractivity contribution in [1.29, 1.82) is 0 Å². The van der Waals surface area contributed by atoms with Gasteiger partial charge in [-0.2, -0.15) is 26.3 Å². The number of carbonyl (C=O) groups excluding carboxylic acids is 1. The van der Waals surface area contributed by atoms with Crippen molar-refractivity contribution < 1.29 is 40.6 Å². The van der Waals surface area contributed by atoms with E-state index in [9.17, 15) is 31.1 Å². The van der Waals surface area contributed by atoms with Crippen LogP contribution in [0.5, 0.6) is 11.5 Å². The van der Waals surface area contributed by atoms with Crippen molar-refractivity contribution >= 4 is 5.91 Å². The summed E-state index contributed by atoms with van der Waals surface area (Å²) in [5, 5.41) is 2.65. The van der Waals surface area contributed by atoms with Gasteiger partial charge < -0.3 is 14.8 Å². The molecule has 10 heteroatoms. The lowest BCUT2D eigenvalue weighted by atomic mass is 10.0. The van der Waals surface area contributed by atoms with Crippen LogP contribution in [0, 0.1) is 0 Å². The number of hydrogen-bond acceptors (Lipinski definition) is 3. The van der Waals surface area contributed by atoms with Crippen LogP contribution in [0.25, 0.3) is 0 Å². The molecule has 1 N–H and O–H groups in total. The topological polar surface area (TPSA) is 47.6 Å². The Bertz CT molecular complexity index is 862. The van der Waals surface area contributed by atoms with Crippen LogP contribution in [0.2, 0.25) is 0 Å². The predicted molar refractivity (Wildman–Crippen MR) is 89.4 cm³/mol. The third-order valence-corrected chi connectivity index (χ3v) is 4.22. The van der Waals surface area contributed by atoms with E-state index in [0.717, 1.165) is 5.56 Å². The molecule has 1 atom stereocenters. The molecule has 0 aliphatic carbocycles. The quantitative estimate of drug-likeness (QED) is 0.729. The van der Waals surface area contributed by atoms with Gasteiger partial charge in [0.2, 0.25) is 0 Å². The second-order valence-electron chi connectivity index (χ2n) is 6.33. The normalized spacial score (nSPS) is 16.6. The van der Waals surface area contributed by atoms with Crippen LogP contribution in [-0.4, -0.2) is 19.1 Å². The molecule has 29 heavy (non-hydrogen) atoms. The molecule has 0 saturated carbocycles. The van der Waals surface area contributed by atoms with Gasteiger partial charge in [0.15, 0.2) is 6.61 Å². The highest BCUT2D eigenvalue weighted by molar-refractivity contribution is 5.78. The number of ether oxygens (including phenoxy) is 2. The van der Waals surface area contributed by atoms with Gasteiger partial charge in [-0.1, -0.05) is 18.2 Å². The number of benzene rings is 2. The average molecular weight is 419 g/mol. The molecule has 1 aliphatic heterocycles. The summed E-state index contributed by atoms with van der Waals surface area (Å²) < 4.78 is 87.6. The predicted octanol–water partition coefficient (Wildman–Crippen LogP) is 4.74. The zero-order valence-electron chi connectivity index (χ0n) is 14.7. The summed E-state index contributed by atoms with van der Waals surface area (Å²) in [6.07, 6.45) is -9.52. The Labute approximate surface area is 161 Å². The van der Waals surface area contributed by atoms with Crippen LogP contribution in [0.3, 0.4) is 0 Å². The van der Waals surface area contributed by atoms with Crippen LogP contribution < -0.4 is 14.8 Å². The second-order valence-corrected chi connectivity index (χ2v) is 6.33. The number of halogens is 6. The van der Waals surface area contributed by atoms with E-state index in [1.54, 1.807) is 24.3 Å². The molecule has 3 rings (SSSR count). The van der Waals surface area contributed by atoms with Crippen molar-refractivity contribution in [3.8, 4) is 11.5 Å². The Morgan fingerprint density at radius 2 is 1.66 bits per heavy atom. The smallest absolute Gasteiger partial charge is 0.416 e.